The van der Waals surface area contributed by atoms with Crippen molar-refractivity contribution in [3.05, 3.63) is 29.8 Å². The van der Waals surface area contributed by atoms with Crippen LogP contribution in [0, 0.1) is 0 Å². The highest BCUT2D eigenvalue weighted by Gasteiger charge is 2.30. The molecule has 0 spiro atoms. The van der Waals surface area contributed by atoms with Crippen LogP contribution >= 0.6 is 0 Å². The van der Waals surface area contributed by atoms with Crippen LogP contribution in [0.4, 0.5) is 10.5 Å². The molecule has 1 saturated heterocycles. The first-order chi connectivity index (χ1) is 9.49. The van der Waals surface area contributed by atoms with E-state index in [1.165, 1.54) is 18.2 Å². The number of imide groups is 1. The average Bonchev–Trinajstić information content (AvgIpc) is 2.71. The quantitative estimate of drug-likeness (QED) is 0.663. The lowest BCUT2D eigenvalue weighted by molar-refractivity contribution is -0.128. The number of rotatable bonds is 4. The number of para-hydroxylation sites is 1. The fraction of sp³-hybridized carbons (Fsp3) is 0.167. The Morgan fingerprint density at radius 1 is 1.30 bits per heavy atom. The van der Waals surface area contributed by atoms with Gasteiger partial charge < -0.3 is 15.7 Å². The lowest BCUT2D eigenvalue weighted by atomic mass is 10.2. The molecule has 0 bridgehead atoms. The van der Waals surface area contributed by atoms with Crippen LogP contribution < -0.4 is 10.6 Å². The summed E-state index contributed by atoms with van der Waals surface area (Å²) in [6.07, 6.45) is 0. The average molecular weight is 277 g/mol. The number of urea groups is 1. The molecule has 1 aliphatic heterocycles. The molecule has 0 radical (unpaired) electrons. The Balaban J connectivity index is 2.07. The summed E-state index contributed by atoms with van der Waals surface area (Å²) in [5.41, 5.74) is 0.0371. The molecule has 0 atom stereocenters. The van der Waals surface area contributed by atoms with Gasteiger partial charge in [0.05, 0.1) is 17.8 Å². The summed E-state index contributed by atoms with van der Waals surface area (Å²) < 4.78 is 0. The van der Waals surface area contributed by atoms with Gasteiger partial charge in [0.2, 0.25) is 5.91 Å². The van der Waals surface area contributed by atoms with Crippen LogP contribution in [0.15, 0.2) is 24.3 Å². The Morgan fingerprint density at radius 2 is 2.00 bits per heavy atom. The Kier molecular flexibility index (Phi) is 3.65. The predicted molar refractivity (Wildman–Crippen MR) is 67.1 cm³/mol. The molecule has 2 rings (SSSR count). The largest absolute Gasteiger partial charge is 0.478 e. The number of carboxylic acid groups (broad SMARTS) is 1. The lowest BCUT2D eigenvalue weighted by Gasteiger charge is -2.13. The van der Waals surface area contributed by atoms with Crippen LogP contribution in [-0.2, 0) is 9.59 Å². The first-order valence-electron chi connectivity index (χ1n) is 5.69. The number of carbonyl (C=O) groups is 4. The fourth-order valence-electron chi connectivity index (χ4n) is 1.73. The highest BCUT2D eigenvalue weighted by atomic mass is 16.4. The van der Waals surface area contributed by atoms with E-state index in [9.17, 15) is 19.2 Å². The fourth-order valence-corrected chi connectivity index (χ4v) is 1.73. The van der Waals surface area contributed by atoms with E-state index in [-0.39, 0.29) is 17.8 Å². The van der Waals surface area contributed by atoms with Crippen molar-refractivity contribution in [2.24, 2.45) is 0 Å². The summed E-state index contributed by atoms with van der Waals surface area (Å²) >= 11 is 0. The Hall–Kier alpha value is -2.90. The molecule has 1 aromatic carbocycles. The molecule has 1 fully saturated rings. The maximum Gasteiger partial charge on any atom is 0.337 e. The van der Waals surface area contributed by atoms with Gasteiger partial charge in [0.1, 0.15) is 6.54 Å². The number of hydrogen-bond donors (Lipinski definition) is 3. The molecule has 0 saturated carbocycles. The van der Waals surface area contributed by atoms with E-state index in [1.54, 1.807) is 6.07 Å². The van der Waals surface area contributed by atoms with E-state index >= 15 is 0 Å². The van der Waals surface area contributed by atoms with Gasteiger partial charge in [0, 0.05) is 0 Å². The third kappa shape index (κ3) is 2.74. The zero-order valence-electron chi connectivity index (χ0n) is 10.3. The molecule has 8 heteroatoms. The summed E-state index contributed by atoms with van der Waals surface area (Å²) in [5.74, 6) is -2.34. The van der Waals surface area contributed by atoms with Crippen molar-refractivity contribution in [3.8, 4) is 0 Å². The molecule has 20 heavy (non-hydrogen) atoms. The van der Waals surface area contributed by atoms with Crippen LogP contribution in [0.3, 0.4) is 0 Å². The minimum absolute atomic E-state index is 0.0712. The Labute approximate surface area is 113 Å². The third-order valence-electron chi connectivity index (χ3n) is 2.67. The molecule has 0 aliphatic carbocycles. The van der Waals surface area contributed by atoms with Gasteiger partial charge in [0.25, 0.3) is 5.91 Å². The topological polar surface area (TPSA) is 116 Å². The normalized spacial score (nSPS) is 14.1. The lowest BCUT2D eigenvalue weighted by Crippen LogP contribution is -2.38. The minimum atomic E-state index is -1.18. The van der Waals surface area contributed by atoms with Crippen LogP contribution in [0.25, 0.3) is 0 Å². The highest BCUT2D eigenvalue weighted by molar-refractivity contribution is 6.07. The second kappa shape index (κ2) is 5.39. The van der Waals surface area contributed by atoms with Crippen molar-refractivity contribution in [2.45, 2.75) is 0 Å². The third-order valence-corrected chi connectivity index (χ3v) is 2.67. The van der Waals surface area contributed by atoms with Gasteiger partial charge in [-0.3, -0.25) is 14.5 Å². The van der Waals surface area contributed by atoms with Crippen molar-refractivity contribution in [1.29, 1.82) is 0 Å². The van der Waals surface area contributed by atoms with E-state index in [1.807, 2.05) is 0 Å². The van der Waals surface area contributed by atoms with Crippen LogP contribution in [0.5, 0.6) is 0 Å². The van der Waals surface area contributed by atoms with E-state index in [4.69, 9.17) is 5.11 Å². The molecule has 0 aromatic heterocycles. The second-order valence-corrected chi connectivity index (χ2v) is 4.04. The van der Waals surface area contributed by atoms with Crippen molar-refractivity contribution in [1.82, 2.24) is 10.2 Å². The summed E-state index contributed by atoms with van der Waals surface area (Å²) in [4.78, 5) is 46.1. The summed E-state index contributed by atoms with van der Waals surface area (Å²) in [5, 5.41) is 13.6. The van der Waals surface area contributed by atoms with E-state index in [2.05, 4.69) is 10.6 Å². The molecule has 1 aliphatic rings. The standard InChI is InChI=1S/C12H11N3O5/c16-9(6-15-10(17)5-13-12(15)20)14-8-4-2-1-3-7(8)11(18)19/h1-4H,5-6H2,(H,13,20)(H,14,16)(H,18,19). The van der Waals surface area contributed by atoms with Gasteiger partial charge >= 0.3 is 12.0 Å². The molecule has 3 N–H and O–H groups in total. The number of benzene rings is 1. The van der Waals surface area contributed by atoms with Gasteiger partial charge in [-0.05, 0) is 12.1 Å². The zero-order chi connectivity index (χ0) is 14.7. The van der Waals surface area contributed by atoms with E-state index in [0.29, 0.717) is 0 Å². The number of amides is 4. The van der Waals surface area contributed by atoms with Gasteiger partial charge in [0.15, 0.2) is 0 Å². The second-order valence-electron chi connectivity index (χ2n) is 4.04. The highest BCUT2D eigenvalue weighted by Crippen LogP contribution is 2.14. The number of carboxylic acids is 1. The summed E-state index contributed by atoms with van der Waals surface area (Å²) in [7, 11) is 0. The molecule has 8 nitrogen and oxygen atoms in total. The number of anilines is 1. The maximum atomic E-state index is 11.8. The number of hydrogen-bond acceptors (Lipinski definition) is 4. The van der Waals surface area contributed by atoms with Crippen molar-refractivity contribution in [2.75, 3.05) is 18.4 Å². The van der Waals surface area contributed by atoms with Crippen LogP contribution in [0.2, 0.25) is 0 Å². The van der Waals surface area contributed by atoms with E-state index in [0.717, 1.165) is 4.90 Å². The van der Waals surface area contributed by atoms with Gasteiger partial charge in [-0.2, -0.15) is 0 Å². The van der Waals surface area contributed by atoms with Crippen LogP contribution in [0.1, 0.15) is 10.4 Å². The molecule has 1 aromatic rings. The van der Waals surface area contributed by atoms with Crippen molar-refractivity contribution < 1.29 is 24.3 Å². The molecule has 4 amide bonds. The first kappa shape index (κ1) is 13.5. The summed E-state index contributed by atoms with van der Waals surface area (Å²) in [6, 6.07) is 5.21. The number of nitrogens with zero attached hydrogens (tertiary/aromatic N) is 1. The molecular weight excluding hydrogens is 266 g/mol. The molecular formula is C12H11N3O5. The minimum Gasteiger partial charge on any atom is -0.478 e. The molecule has 1 heterocycles. The van der Waals surface area contributed by atoms with Gasteiger partial charge in [-0.1, -0.05) is 12.1 Å². The van der Waals surface area contributed by atoms with Crippen molar-refractivity contribution in [3.63, 3.8) is 0 Å². The van der Waals surface area contributed by atoms with Gasteiger partial charge in [-0.15, -0.1) is 0 Å². The van der Waals surface area contributed by atoms with E-state index < -0.39 is 30.4 Å². The van der Waals surface area contributed by atoms with Crippen molar-refractivity contribution >= 4 is 29.5 Å². The monoisotopic (exact) mass is 277 g/mol. The Bertz CT molecular complexity index is 583. The molecule has 0 unspecified atom stereocenters. The Morgan fingerprint density at radius 3 is 2.60 bits per heavy atom. The number of aromatic carboxylic acids is 1. The SMILES string of the molecule is O=C(CN1C(=O)CNC1=O)Nc1ccccc1C(=O)O. The zero-order valence-corrected chi connectivity index (χ0v) is 10.3. The molecule has 104 valence electrons. The maximum absolute atomic E-state index is 11.8. The van der Waals surface area contributed by atoms with Crippen LogP contribution in [-0.4, -0.2) is 46.9 Å². The number of carbonyl (C=O) groups excluding carboxylic acids is 3. The predicted octanol–water partition coefficient (Wildman–Crippen LogP) is -0.125. The number of nitrogens with one attached hydrogen (secondary N) is 2. The summed E-state index contributed by atoms with van der Waals surface area (Å²) in [6.45, 7) is -0.601. The van der Waals surface area contributed by atoms with Gasteiger partial charge in [-0.25, -0.2) is 9.59 Å². The smallest absolute Gasteiger partial charge is 0.337 e. The first-order valence-corrected chi connectivity index (χ1v) is 5.69.